The molecule has 2 atom stereocenters. The predicted octanol–water partition coefficient (Wildman–Crippen LogP) is 3.09. The highest BCUT2D eigenvalue weighted by Gasteiger charge is 2.45. The zero-order chi connectivity index (χ0) is 27.7. The second-order valence-corrected chi connectivity index (χ2v) is 12.5. The SMILES string of the molecule is Cc1cc(N2CCN([C@H]3C[C@@H](C(=O)N4CCSC4)N(C(=O)OC(C)(C)C)C3)CC2)n(-c2ccc(C#N)cc2)n1. The summed E-state index contributed by atoms with van der Waals surface area (Å²) in [6, 6.07) is 11.3. The normalized spacial score (nSPS) is 22.3. The third-order valence-corrected chi connectivity index (χ3v) is 8.43. The van der Waals surface area contributed by atoms with Crippen molar-refractivity contribution in [2.45, 2.75) is 51.8 Å². The number of hydrogen-bond acceptors (Lipinski definition) is 8. The Morgan fingerprint density at radius 1 is 1.10 bits per heavy atom. The summed E-state index contributed by atoms with van der Waals surface area (Å²) in [5.74, 6) is 2.69. The van der Waals surface area contributed by atoms with Gasteiger partial charge in [0, 0.05) is 57.1 Å². The van der Waals surface area contributed by atoms with Gasteiger partial charge in [-0.15, -0.1) is 11.8 Å². The lowest BCUT2D eigenvalue weighted by Gasteiger charge is -2.38. The van der Waals surface area contributed by atoms with Gasteiger partial charge in [-0.3, -0.25) is 14.6 Å². The lowest BCUT2D eigenvalue weighted by molar-refractivity contribution is -0.134. The molecular weight excluding hydrogens is 514 g/mol. The number of aromatic nitrogens is 2. The zero-order valence-corrected chi connectivity index (χ0v) is 24.0. The third kappa shape index (κ3) is 6.02. The number of aryl methyl sites for hydroxylation is 1. The van der Waals surface area contributed by atoms with Crippen LogP contribution in [-0.2, 0) is 9.53 Å². The van der Waals surface area contributed by atoms with E-state index in [1.807, 2.05) is 61.5 Å². The maximum atomic E-state index is 13.4. The number of ether oxygens (including phenoxy) is 1. The van der Waals surface area contributed by atoms with E-state index in [1.54, 1.807) is 16.7 Å². The molecule has 0 unspecified atom stereocenters. The average molecular weight is 552 g/mol. The Morgan fingerprint density at radius 2 is 1.82 bits per heavy atom. The molecule has 0 N–H and O–H groups in total. The summed E-state index contributed by atoms with van der Waals surface area (Å²) in [7, 11) is 0. The van der Waals surface area contributed by atoms with Gasteiger partial charge in [0.1, 0.15) is 17.5 Å². The monoisotopic (exact) mass is 551 g/mol. The highest BCUT2D eigenvalue weighted by atomic mass is 32.2. The van der Waals surface area contributed by atoms with Crippen molar-refractivity contribution in [2.24, 2.45) is 0 Å². The Kier molecular flexibility index (Phi) is 7.78. The van der Waals surface area contributed by atoms with Gasteiger partial charge in [-0.05, 0) is 58.4 Å². The highest BCUT2D eigenvalue weighted by molar-refractivity contribution is 7.99. The Hall–Kier alpha value is -3.23. The maximum Gasteiger partial charge on any atom is 0.411 e. The number of nitriles is 1. The third-order valence-electron chi connectivity index (χ3n) is 7.46. The van der Waals surface area contributed by atoms with Crippen LogP contribution in [0.1, 0.15) is 38.4 Å². The summed E-state index contributed by atoms with van der Waals surface area (Å²) in [5.41, 5.74) is 1.86. The Bertz CT molecular complexity index is 1240. The Labute approximate surface area is 234 Å². The second-order valence-electron chi connectivity index (χ2n) is 11.4. The molecule has 39 heavy (non-hydrogen) atoms. The van der Waals surface area contributed by atoms with E-state index in [4.69, 9.17) is 15.1 Å². The van der Waals surface area contributed by atoms with E-state index in [-0.39, 0.29) is 11.9 Å². The fraction of sp³-hybridized carbons (Fsp3) is 0.571. The van der Waals surface area contributed by atoms with Crippen molar-refractivity contribution in [3.63, 3.8) is 0 Å². The molecule has 10 nitrogen and oxygen atoms in total. The maximum absolute atomic E-state index is 13.4. The van der Waals surface area contributed by atoms with Crippen molar-refractivity contribution in [3.05, 3.63) is 41.6 Å². The molecule has 0 aliphatic carbocycles. The minimum atomic E-state index is -0.617. The molecule has 4 heterocycles. The molecule has 0 radical (unpaired) electrons. The zero-order valence-electron chi connectivity index (χ0n) is 23.2. The van der Waals surface area contributed by atoms with E-state index in [0.717, 1.165) is 55.7 Å². The Balaban J connectivity index is 1.28. The first-order valence-corrected chi connectivity index (χ1v) is 14.7. The molecule has 3 saturated heterocycles. The molecule has 0 bridgehead atoms. The van der Waals surface area contributed by atoms with Crippen LogP contribution < -0.4 is 4.90 Å². The van der Waals surface area contributed by atoms with Crippen molar-refractivity contribution in [3.8, 4) is 11.8 Å². The molecule has 11 heteroatoms. The first-order valence-electron chi connectivity index (χ1n) is 13.6. The van der Waals surface area contributed by atoms with E-state index in [0.29, 0.717) is 24.4 Å². The van der Waals surface area contributed by atoms with E-state index < -0.39 is 17.7 Å². The predicted molar refractivity (Wildman–Crippen MR) is 151 cm³/mol. The molecule has 2 amide bonds. The van der Waals surface area contributed by atoms with E-state index in [9.17, 15) is 9.59 Å². The fourth-order valence-corrected chi connectivity index (χ4v) is 6.48. The number of anilines is 1. The minimum Gasteiger partial charge on any atom is -0.444 e. The molecule has 3 aliphatic rings. The molecular formula is C28H37N7O3S. The van der Waals surface area contributed by atoms with Crippen molar-refractivity contribution < 1.29 is 14.3 Å². The van der Waals surface area contributed by atoms with E-state index in [1.165, 1.54) is 0 Å². The van der Waals surface area contributed by atoms with Gasteiger partial charge in [-0.1, -0.05) is 0 Å². The van der Waals surface area contributed by atoms with Gasteiger partial charge in [0.2, 0.25) is 5.91 Å². The summed E-state index contributed by atoms with van der Waals surface area (Å²) < 4.78 is 7.64. The molecule has 5 rings (SSSR count). The largest absolute Gasteiger partial charge is 0.444 e. The molecule has 3 fully saturated rings. The molecule has 1 aromatic heterocycles. The van der Waals surface area contributed by atoms with E-state index in [2.05, 4.69) is 21.9 Å². The smallest absolute Gasteiger partial charge is 0.411 e. The van der Waals surface area contributed by atoms with Crippen molar-refractivity contribution >= 4 is 29.6 Å². The van der Waals surface area contributed by atoms with Gasteiger partial charge in [0.15, 0.2) is 0 Å². The summed E-state index contributed by atoms with van der Waals surface area (Å²) in [6.45, 7) is 12.1. The number of carbonyl (C=O) groups excluding carboxylic acids is 2. The van der Waals surface area contributed by atoms with Crippen LogP contribution in [0.2, 0.25) is 0 Å². The van der Waals surface area contributed by atoms with Crippen molar-refractivity contribution in [1.82, 2.24) is 24.5 Å². The van der Waals surface area contributed by atoms with E-state index >= 15 is 0 Å². The van der Waals surface area contributed by atoms with Gasteiger partial charge in [0.05, 0.1) is 28.9 Å². The molecule has 0 spiro atoms. The number of piperazine rings is 1. The van der Waals surface area contributed by atoms with Crippen LogP contribution in [0.25, 0.3) is 5.69 Å². The highest BCUT2D eigenvalue weighted by Crippen LogP contribution is 2.30. The lowest BCUT2D eigenvalue weighted by Crippen LogP contribution is -2.51. The number of benzene rings is 1. The van der Waals surface area contributed by atoms with Crippen LogP contribution in [0.15, 0.2) is 30.3 Å². The van der Waals surface area contributed by atoms with Gasteiger partial charge in [-0.25, -0.2) is 9.48 Å². The first-order chi connectivity index (χ1) is 18.6. The summed E-state index contributed by atoms with van der Waals surface area (Å²) in [5, 5.41) is 13.8. The number of nitrogens with zero attached hydrogens (tertiary/aromatic N) is 7. The summed E-state index contributed by atoms with van der Waals surface area (Å²) in [4.78, 5) is 34.8. The van der Waals surface area contributed by atoms with Crippen LogP contribution in [0, 0.1) is 18.3 Å². The number of amides is 2. The number of rotatable bonds is 4. The average Bonchev–Trinajstić information content (AvgIpc) is 3.67. The quantitative estimate of drug-likeness (QED) is 0.572. The van der Waals surface area contributed by atoms with Crippen molar-refractivity contribution in [2.75, 3.05) is 55.8 Å². The van der Waals surface area contributed by atoms with Gasteiger partial charge in [-0.2, -0.15) is 10.4 Å². The topological polar surface area (TPSA) is 97.9 Å². The van der Waals surface area contributed by atoms with Crippen LogP contribution in [0.5, 0.6) is 0 Å². The second kappa shape index (κ2) is 11.1. The van der Waals surface area contributed by atoms with Gasteiger partial charge >= 0.3 is 6.09 Å². The van der Waals surface area contributed by atoms with Crippen LogP contribution >= 0.6 is 11.8 Å². The molecule has 3 aliphatic heterocycles. The lowest BCUT2D eigenvalue weighted by atomic mass is 10.1. The number of hydrogen-bond donors (Lipinski definition) is 0. The Morgan fingerprint density at radius 3 is 2.44 bits per heavy atom. The number of likely N-dealkylation sites (tertiary alicyclic amines) is 1. The fourth-order valence-electron chi connectivity index (χ4n) is 5.53. The molecule has 208 valence electrons. The first kappa shape index (κ1) is 27.3. The van der Waals surface area contributed by atoms with Crippen LogP contribution in [-0.4, -0.2) is 105 Å². The summed E-state index contributed by atoms with van der Waals surface area (Å²) >= 11 is 1.75. The number of carbonyl (C=O) groups is 2. The molecule has 0 saturated carbocycles. The molecule has 2 aromatic rings. The number of thioether (sulfide) groups is 1. The van der Waals surface area contributed by atoms with Gasteiger partial charge in [0.25, 0.3) is 0 Å². The van der Waals surface area contributed by atoms with Crippen LogP contribution in [0.4, 0.5) is 10.6 Å². The van der Waals surface area contributed by atoms with Gasteiger partial charge < -0.3 is 14.5 Å². The van der Waals surface area contributed by atoms with Crippen LogP contribution in [0.3, 0.4) is 0 Å². The van der Waals surface area contributed by atoms with Crippen molar-refractivity contribution in [1.29, 1.82) is 5.26 Å². The summed E-state index contributed by atoms with van der Waals surface area (Å²) in [6.07, 6.45) is 0.220. The standard InChI is InChI=1S/C28H37N7O3S/c1-20-15-25(35(30-20)22-7-5-21(17-29)6-8-22)32-11-9-31(10-12-32)23-16-24(26(36)33-13-14-39-19-33)34(18-23)27(37)38-28(2,3)4/h5-8,15,23-24H,9-14,16,18-19H2,1-4H3/t23-,24-/m0/s1. The molecule has 1 aromatic carbocycles. The minimum absolute atomic E-state index is 0.0359.